The molecule has 0 spiro atoms. The van der Waals surface area contributed by atoms with Crippen LogP contribution in [0.3, 0.4) is 0 Å². The van der Waals surface area contributed by atoms with Gasteiger partial charge in [-0.3, -0.25) is 10.1 Å². The Labute approximate surface area is 106 Å². The van der Waals surface area contributed by atoms with Gasteiger partial charge in [-0.1, -0.05) is 0 Å². The highest BCUT2D eigenvalue weighted by Gasteiger charge is 2.12. The first-order chi connectivity index (χ1) is 8.75. The van der Waals surface area contributed by atoms with Gasteiger partial charge in [-0.05, 0) is 50.4 Å². The molecule has 1 saturated heterocycles. The number of non-ortho nitro benzene ring substituents is 1. The summed E-state index contributed by atoms with van der Waals surface area (Å²) >= 11 is 0. The molecule has 0 radical (unpaired) electrons. The predicted molar refractivity (Wildman–Crippen MR) is 68.8 cm³/mol. The molecule has 1 N–H and O–H groups in total. The van der Waals surface area contributed by atoms with Gasteiger partial charge in [-0.25, -0.2) is 0 Å². The van der Waals surface area contributed by atoms with Gasteiger partial charge in [-0.15, -0.1) is 0 Å². The Morgan fingerprint density at radius 2 is 1.94 bits per heavy atom. The zero-order valence-corrected chi connectivity index (χ0v) is 10.3. The van der Waals surface area contributed by atoms with E-state index in [1.54, 1.807) is 12.1 Å². The van der Waals surface area contributed by atoms with E-state index in [1.165, 1.54) is 25.0 Å². The minimum absolute atomic E-state index is 0.0979. The summed E-state index contributed by atoms with van der Waals surface area (Å²) in [6.45, 7) is 2.88. The van der Waals surface area contributed by atoms with Crippen LogP contribution in [-0.2, 0) is 0 Å². The van der Waals surface area contributed by atoms with Crippen molar-refractivity contribution in [1.29, 1.82) is 0 Å². The fourth-order valence-corrected chi connectivity index (χ4v) is 2.18. The van der Waals surface area contributed by atoms with Crippen molar-refractivity contribution in [3.8, 4) is 5.75 Å². The number of rotatable bonds is 5. The summed E-state index contributed by atoms with van der Waals surface area (Å²) in [5, 5.41) is 13.8. The van der Waals surface area contributed by atoms with Gasteiger partial charge < -0.3 is 10.1 Å². The smallest absolute Gasteiger partial charge is 0.269 e. The van der Waals surface area contributed by atoms with Crippen LogP contribution in [0.5, 0.6) is 5.75 Å². The Morgan fingerprint density at radius 1 is 1.28 bits per heavy atom. The highest BCUT2D eigenvalue weighted by molar-refractivity contribution is 5.35. The van der Waals surface area contributed by atoms with Gasteiger partial charge in [0.25, 0.3) is 5.69 Å². The molecule has 0 aromatic heterocycles. The molecule has 0 amide bonds. The highest BCUT2D eigenvalue weighted by atomic mass is 16.6. The van der Waals surface area contributed by atoms with Crippen molar-refractivity contribution < 1.29 is 9.66 Å². The summed E-state index contributed by atoms with van der Waals surface area (Å²) < 4.78 is 5.60. The standard InChI is InChI=1S/C13H18N2O3/c16-15(17)12-1-3-13(4-2-12)18-10-7-11-5-8-14-9-6-11/h1-4,11,14H,5-10H2. The second kappa shape index (κ2) is 6.35. The molecule has 0 saturated carbocycles. The molecule has 1 aromatic rings. The van der Waals surface area contributed by atoms with E-state index in [1.807, 2.05) is 0 Å². The maximum atomic E-state index is 10.5. The van der Waals surface area contributed by atoms with Crippen LogP contribution >= 0.6 is 0 Å². The summed E-state index contributed by atoms with van der Waals surface area (Å²) in [4.78, 5) is 10.1. The van der Waals surface area contributed by atoms with Gasteiger partial charge in [0.1, 0.15) is 5.75 Å². The van der Waals surface area contributed by atoms with Crippen LogP contribution < -0.4 is 10.1 Å². The average Bonchev–Trinajstić information content (AvgIpc) is 2.40. The molecule has 0 unspecified atom stereocenters. The zero-order valence-electron chi connectivity index (χ0n) is 10.3. The maximum absolute atomic E-state index is 10.5. The summed E-state index contributed by atoms with van der Waals surface area (Å²) in [6, 6.07) is 6.25. The SMILES string of the molecule is O=[N+]([O-])c1ccc(OCCC2CCNCC2)cc1. The Balaban J connectivity index is 1.74. The molecule has 1 fully saturated rings. The van der Waals surface area contributed by atoms with Crippen molar-refractivity contribution in [2.24, 2.45) is 5.92 Å². The first-order valence-electron chi connectivity index (χ1n) is 6.33. The van der Waals surface area contributed by atoms with Crippen LogP contribution in [0, 0.1) is 16.0 Å². The van der Waals surface area contributed by atoms with E-state index >= 15 is 0 Å². The lowest BCUT2D eigenvalue weighted by molar-refractivity contribution is -0.384. The second-order valence-electron chi connectivity index (χ2n) is 4.58. The Kier molecular flexibility index (Phi) is 4.52. The van der Waals surface area contributed by atoms with Crippen molar-refractivity contribution in [3.05, 3.63) is 34.4 Å². The third-order valence-electron chi connectivity index (χ3n) is 3.30. The molecular weight excluding hydrogens is 232 g/mol. The molecular formula is C13H18N2O3. The lowest BCUT2D eigenvalue weighted by Gasteiger charge is -2.22. The fourth-order valence-electron chi connectivity index (χ4n) is 2.18. The highest BCUT2D eigenvalue weighted by Crippen LogP contribution is 2.19. The number of ether oxygens (including phenoxy) is 1. The van der Waals surface area contributed by atoms with Crippen LogP contribution in [0.25, 0.3) is 0 Å². The molecule has 1 aliphatic rings. The lowest BCUT2D eigenvalue weighted by Crippen LogP contribution is -2.28. The number of hydrogen-bond donors (Lipinski definition) is 1. The molecule has 1 heterocycles. The van der Waals surface area contributed by atoms with Crippen LogP contribution in [0.4, 0.5) is 5.69 Å². The maximum Gasteiger partial charge on any atom is 0.269 e. The first-order valence-corrected chi connectivity index (χ1v) is 6.33. The van der Waals surface area contributed by atoms with Crippen molar-refractivity contribution in [3.63, 3.8) is 0 Å². The number of benzene rings is 1. The predicted octanol–water partition coefficient (Wildman–Crippen LogP) is 2.36. The molecule has 0 atom stereocenters. The van der Waals surface area contributed by atoms with E-state index in [9.17, 15) is 10.1 Å². The molecule has 2 rings (SSSR count). The summed E-state index contributed by atoms with van der Waals surface area (Å²) in [6.07, 6.45) is 3.48. The summed E-state index contributed by atoms with van der Waals surface area (Å²) in [5.41, 5.74) is 0.0979. The van der Waals surface area contributed by atoms with Crippen molar-refractivity contribution >= 4 is 5.69 Å². The molecule has 0 bridgehead atoms. The van der Waals surface area contributed by atoms with Crippen LogP contribution in [0.2, 0.25) is 0 Å². The zero-order chi connectivity index (χ0) is 12.8. The summed E-state index contributed by atoms with van der Waals surface area (Å²) in [7, 11) is 0. The molecule has 1 aromatic carbocycles. The molecule has 1 aliphatic heterocycles. The van der Waals surface area contributed by atoms with Gasteiger partial charge in [0.15, 0.2) is 0 Å². The Hall–Kier alpha value is -1.62. The van der Waals surface area contributed by atoms with Crippen LogP contribution in [0.1, 0.15) is 19.3 Å². The Morgan fingerprint density at radius 3 is 2.56 bits per heavy atom. The fraction of sp³-hybridized carbons (Fsp3) is 0.538. The molecule has 5 nitrogen and oxygen atoms in total. The minimum Gasteiger partial charge on any atom is -0.494 e. The quantitative estimate of drug-likeness (QED) is 0.643. The van der Waals surface area contributed by atoms with Crippen molar-refractivity contribution in [2.75, 3.05) is 19.7 Å². The van der Waals surface area contributed by atoms with Crippen molar-refractivity contribution in [2.45, 2.75) is 19.3 Å². The molecule has 5 heteroatoms. The molecule has 0 aliphatic carbocycles. The largest absolute Gasteiger partial charge is 0.494 e. The number of nitrogens with zero attached hydrogens (tertiary/aromatic N) is 1. The Bertz CT molecular complexity index is 386. The number of nitro benzene ring substituents is 1. The monoisotopic (exact) mass is 250 g/mol. The normalized spacial score (nSPS) is 16.4. The number of hydrogen-bond acceptors (Lipinski definition) is 4. The first kappa shape index (κ1) is 12.8. The van der Waals surface area contributed by atoms with Gasteiger partial charge in [0, 0.05) is 12.1 Å². The van der Waals surface area contributed by atoms with Crippen molar-refractivity contribution in [1.82, 2.24) is 5.32 Å². The second-order valence-corrected chi connectivity index (χ2v) is 4.58. The van der Waals surface area contributed by atoms with Gasteiger partial charge in [0.05, 0.1) is 11.5 Å². The molecule has 18 heavy (non-hydrogen) atoms. The lowest BCUT2D eigenvalue weighted by atomic mass is 9.95. The van der Waals surface area contributed by atoms with E-state index in [0.717, 1.165) is 25.4 Å². The summed E-state index contributed by atoms with van der Waals surface area (Å²) in [5.74, 6) is 1.44. The van der Waals surface area contributed by atoms with E-state index < -0.39 is 4.92 Å². The van der Waals surface area contributed by atoms with E-state index in [-0.39, 0.29) is 5.69 Å². The minimum atomic E-state index is -0.404. The number of nitrogens with one attached hydrogen (secondary N) is 1. The van der Waals surface area contributed by atoms with E-state index in [2.05, 4.69) is 5.32 Å². The van der Waals surface area contributed by atoms with E-state index in [0.29, 0.717) is 12.4 Å². The number of piperidine rings is 1. The molecule has 98 valence electrons. The topological polar surface area (TPSA) is 64.4 Å². The van der Waals surface area contributed by atoms with Crippen LogP contribution in [0.15, 0.2) is 24.3 Å². The third kappa shape index (κ3) is 3.70. The van der Waals surface area contributed by atoms with Gasteiger partial charge in [-0.2, -0.15) is 0 Å². The third-order valence-corrected chi connectivity index (χ3v) is 3.30. The van der Waals surface area contributed by atoms with Gasteiger partial charge in [0.2, 0.25) is 0 Å². The average molecular weight is 250 g/mol. The van der Waals surface area contributed by atoms with Gasteiger partial charge >= 0.3 is 0 Å². The van der Waals surface area contributed by atoms with Crippen LogP contribution in [-0.4, -0.2) is 24.6 Å². The number of nitro groups is 1. The van der Waals surface area contributed by atoms with E-state index in [4.69, 9.17) is 4.74 Å².